The Morgan fingerprint density at radius 3 is 2.33 bits per heavy atom. The van der Waals surface area contributed by atoms with Crippen molar-refractivity contribution in [3.8, 4) is 5.75 Å². The van der Waals surface area contributed by atoms with Gasteiger partial charge in [0.2, 0.25) is 0 Å². The van der Waals surface area contributed by atoms with Crippen molar-refractivity contribution in [1.29, 1.82) is 0 Å². The summed E-state index contributed by atoms with van der Waals surface area (Å²) in [5.74, 6) is 0.303. The minimum Gasteiger partial charge on any atom is -0.491 e. The van der Waals surface area contributed by atoms with E-state index in [4.69, 9.17) is 4.74 Å². The third-order valence-electron chi connectivity index (χ3n) is 3.45. The lowest BCUT2D eigenvalue weighted by molar-refractivity contribution is -0.137. The molecule has 0 saturated heterocycles. The molecule has 0 aliphatic heterocycles. The lowest BCUT2D eigenvalue weighted by Gasteiger charge is -2.11. The van der Waals surface area contributed by atoms with Crippen molar-refractivity contribution >= 4 is 5.91 Å². The van der Waals surface area contributed by atoms with E-state index in [0.717, 1.165) is 41.1 Å². The molecule has 2 aromatic rings. The van der Waals surface area contributed by atoms with Crippen LogP contribution in [-0.2, 0) is 6.18 Å². The number of carbonyl (C=O) groups is 1. The fourth-order valence-corrected chi connectivity index (χ4v) is 2.20. The summed E-state index contributed by atoms with van der Waals surface area (Å²) in [7, 11) is 0. The maximum atomic E-state index is 12.5. The number of carbonyl (C=O) groups excluding carboxylic acids is 1. The van der Waals surface area contributed by atoms with E-state index in [-0.39, 0.29) is 18.7 Å². The predicted octanol–water partition coefficient (Wildman–Crippen LogP) is 4.13. The number of benzene rings is 2. The van der Waals surface area contributed by atoms with Gasteiger partial charge in [-0.2, -0.15) is 13.2 Å². The van der Waals surface area contributed by atoms with Crippen molar-refractivity contribution in [3.63, 3.8) is 0 Å². The summed E-state index contributed by atoms with van der Waals surface area (Å²) in [6, 6.07) is 9.88. The van der Waals surface area contributed by atoms with Crippen LogP contribution in [0.4, 0.5) is 13.2 Å². The van der Waals surface area contributed by atoms with Crippen LogP contribution in [0.15, 0.2) is 42.5 Å². The van der Waals surface area contributed by atoms with Crippen LogP contribution in [0.2, 0.25) is 0 Å². The Bertz CT molecular complexity index is 709. The second kappa shape index (κ2) is 7.38. The third-order valence-corrected chi connectivity index (χ3v) is 3.45. The van der Waals surface area contributed by atoms with Crippen LogP contribution in [0.25, 0.3) is 0 Å². The second-order valence-electron chi connectivity index (χ2n) is 5.45. The predicted molar refractivity (Wildman–Crippen MR) is 85.2 cm³/mol. The highest BCUT2D eigenvalue weighted by Crippen LogP contribution is 2.29. The molecular formula is C18H18F3NO2. The Labute approximate surface area is 138 Å². The number of hydrogen-bond donors (Lipinski definition) is 1. The van der Waals surface area contributed by atoms with Gasteiger partial charge in [-0.1, -0.05) is 17.7 Å². The van der Waals surface area contributed by atoms with Crippen LogP contribution >= 0.6 is 0 Å². The van der Waals surface area contributed by atoms with Gasteiger partial charge >= 0.3 is 6.18 Å². The van der Waals surface area contributed by atoms with Crippen LogP contribution in [-0.4, -0.2) is 19.1 Å². The number of amides is 1. The Morgan fingerprint density at radius 2 is 1.75 bits per heavy atom. The monoisotopic (exact) mass is 337 g/mol. The molecule has 24 heavy (non-hydrogen) atoms. The largest absolute Gasteiger partial charge is 0.491 e. The summed E-state index contributed by atoms with van der Waals surface area (Å²) in [5.41, 5.74) is 1.53. The quantitative estimate of drug-likeness (QED) is 0.833. The lowest BCUT2D eigenvalue weighted by atomic mass is 10.1. The highest BCUT2D eigenvalue weighted by atomic mass is 19.4. The van der Waals surface area contributed by atoms with E-state index < -0.39 is 17.6 Å². The number of rotatable bonds is 5. The number of hydrogen-bond acceptors (Lipinski definition) is 2. The van der Waals surface area contributed by atoms with Gasteiger partial charge in [-0.25, -0.2) is 0 Å². The van der Waals surface area contributed by atoms with E-state index in [1.165, 1.54) is 0 Å². The molecule has 0 saturated carbocycles. The van der Waals surface area contributed by atoms with Crippen molar-refractivity contribution in [2.24, 2.45) is 0 Å². The second-order valence-corrected chi connectivity index (χ2v) is 5.45. The van der Waals surface area contributed by atoms with Crippen LogP contribution in [0, 0.1) is 13.8 Å². The normalized spacial score (nSPS) is 11.2. The maximum absolute atomic E-state index is 12.5. The molecule has 2 aromatic carbocycles. The van der Waals surface area contributed by atoms with Crippen molar-refractivity contribution in [2.75, 3.05) is 13.2 Å². The first-order chi connectivity index (χ1) is 11.3. The van der Waals surface area contributed by atoms with E-state index in [2.05, 4.69) is 5.32 Å². The van der Waals surface area contributed by atoms with Crippen LogP contribution in [0.3, 0.4) is 0 Å². The Hall–Kier alpha value is -2.50. The number of aryl methyl sites for hydroxylation is 2. The summed E-state index contributed by atoms with van der Waals surface area (Å²) < 4.78 is 43.0. The number of nitrogens with one attached hydrogen (secondary N) is 1. The summed E-state index contributed by atoms with van der Waals surface area (Å²) in [6.45, 7) is 4.45. The van der Waals surface area contributed by atoms with E-state index in [1.807, 2.05) is 32.0 Å². The lowest BCUT2D eigenvalue weighted by Crippen LogP contribution is -2.28. The molecule has 128 valence electrons. The number of alkyl halides is 3. The zero-order chi connectivity index (χ0) is 17.7. The van der Waals surface area contributed by atoms with Crippen LogP contribution < -0.4 is 10.1 Å². The number of halogens is 3. The Balaban J connectivity index is 1.83. The van der Waals surface area contributed by atoms with Crippen molar-refractivity contribution in [3.05, 3.63) is 64.7 Å². The van der Waals surface area contributed by atoms with Gasteiger partial charge in [0.25, 0.3) is 5.91 Å². The van der Waals surface area contributed by atoms with Gasteiger partial charge in [0, 0.05) is 5.56 Å². The third kappa shape index (κ3) is 4.75. The first-order valence-corrected chi connectivity index (χ1v) is 7.43. The molecule has 0 radical (unpaired) electrons. The summed E-state index contributed by atoms with van der Waals surface area (Å²) in [5, 5.41) is 2.61. The molecule has 0 atom stereocenters. The minimum absolute atomic E-state index is 0.175. The van der Waals surface area contributed by atoms with Gasteiger partial charge in [0.1, 0.15) is 12.4 Å². The van der Waals surface area contributed by atoms with Gasteiger partial charge in [0.05, 0.1) is 12.1 Å². The Morgan fingerprint density at radius 1 is 1.08 bits per heavy atom. The smallest absolute Gasteiger partial charge is 0.416 e. The van der Waals surface area contributed by atoms with Crippen molar-refractivity contribution in [1.82, 2.24) is 5.32 Å². The standard InChI is InChI=1S/C18H18F3NO2/c1-12-3-8-16(13(2)11-12)24-10-9-22-17(23)14-4-6-15(7-5-14)18(19,20)21/h3-8,11H,9-10H2,1-2H3,(H,22,23). The number of ether oxygens (including phenoxy) is 1. The van der Waals surface area contributed by atoms with Crippen molar-refractivity contribution in [2.45, 2.75) is 20.0 Å². The first kappa shape index (κ1) is 17.8. The highest BCUT2D eigenvalue weighted by molar-refractivity contribution is 5.94. The van der Waals surface area contributed by atoms with E-state index >= 15 is 0 Å². The van der Waals surface area contributed by atoms with Gasteiger partial charge in [-0.15, -0.1) is 0 Å². The molecule has 0 aromatic heterocycles. The molecule has 0 unspecified atom stereocenters. The summed E-state index contributed by atoms with van der Waals surface area (Å²) in [4.78, 5) is 11.9. The van der Waals surface area contributed by atoms with E-state index in [9.17, 15) is 18.0 Å². The van der Waals surface area contributed by atoms with Gasteiger partial charge in [0.15, 0.2) is 0 Å². The molecular weight excluding hydrogens is 319 g/mol. The molecule has 6 heteroatoms. The summed E-state index contributed by atoms with van der Waals surface area (Å²) in [6.07, 6.45) is -4.41. The molecule has 0 spiro atoms. The van der Waals surface area contributed by atoms with Crippen LogP contribution in [0.1, 0.15) is 27.0 Å². The van der Waals surface area contributed by atoms with Crippen molar-refractivity contribution < 1.29 is 22.7 Å². The molecule has 1 amide bonds. The topological polar surface area (TPSA) is 38.3 Å². The fourth-order valence-electron chi connectivity index (χ4n) is 2.20. The zero-order valence-electron chi connectivity index (χ0n) is 13.4. The SMILES string of the molecule is Cc1ccc(OCCNC(=O)c2ccc(C(F)(F)F)cc2)c(C)c1. The zero-order valence-corrected chi connectivity index (χ0v) is 13.4. The first-order valence-electron chi connectivity index (χ1n) is 7.43. The average Bonchev–Trinajstić information content (AvgIpc) is 2.52. The van der Waals surface area contributed by atoms with Gasteiger partial charge < -0.3 is 10.1 Å². The van der Waals surface area contributed by atoms with E-state index in [0.29, 0.717) is 0 Å². The molecule has 0 bridgehead atoms. The molecule has 1 N–H and O–H groups in total. The minimum atomic E-state index is -4.41. The molecule has 3 nitrogen and oxygen atoms in total. The molecule has 0 heterocycles. The van der Waals surface area contributed by atoms with Gasteiger partial charge in [-0.3, -0.25) is 4.79 Å². The van der Waals surface area contributed by atoms with Gasteiger partial charge in [-0.05, 0) is 49.7 Å². The van der Waals surface area contributed by atoms with Crippen LogP contribution in [0.5, 0.6) is 5.75 Å². The highest BCUT2D eigenvalue weighted by Gasteiger charge is 2.30. The molecule has 0 fully saturated rings. The molecule has 2 rings (SSSR count). The molecule has 0 aliphatic rings. The average molecular weight is 337 g/mol. The Kier molecular flexibility index (Phi) is 5.49. The van der Waals surface area contributed by atoms with E-state index in [1.54, 1.807) is 0 Å². The fraction of sp³-hybridized carbons (Fsp3) is 0.278. The maximum Gasteiger partial charge on any atom is 0.416 e. The molecule has 0 aliphatic carbocycles. The summed E-state index contributed by atoms with van der Waals surface area (Å²) >= 11 is 0.